The van der Waals surface area contributed by atoms with Crippen molar-refractivity contribution in [3.8, 4) is 5.88 Å². The standard InChI is InChI=1S/C10H16BrN5O/c1-16(7-2-3-7)4-5-17-10-8(11)9(15-12)13-6-14-10/h6-7H,2-5,12H2,1H3,(H,13,14,15). The minimum atomic E-state index is 0.511. The zero-order valence-electron chi connectivity index (χ0n) is 9.69. The van der Waals surface area contributed by atoms with E-state index in [0.29, 0.717) is 22.8 Å². The summed E-state index contributed by atoms with van der Waals surface area (Å²) < 4.78 is 6.24. The maximum Gasteiger partial charge on any atom is 0.233 e. The molecule has 2 rings (SSSR count). The minimum Gasteiger partial charge on any atom is -0.475 e. The molecule has 1 aliphatic rings. The highest BCUT2D eigenvalue weighted by Crippen LogP contribution is 2.28. The van der Waals surface area contributed by atoms with Crippen LogP contribution in [0.25, 0.3) is 0 Å². The molecular weight excluding hydrogens is 286 g/mol. The van der Waals surface area contributed by atoms with E-state index in [9.17, 15) is 0 Å². The third-order valence-electron chi connectivity index (χ3n) is 2.75. The van der Waals surface area contributed by atoms with E-state index in [4.69, 9.17) is 10.6 Å². The summed E-state index contributed by atoms with van der Waals surface area (Å²) in [6, 6.07) is 0.744. The fourth-order valence-corrected chi connectivity index (χ4v) is 1.97. The average Bonchev–Trinajstić information content (AvgIpc) is 3.15. The normalized spacial score (nSPS) is 15.1. The first-order chi connectivity index (χ1) is 8.22. The number of nitrogen functional groups attached to an aromatic ring is 1. The van der Waals surface area contributed by atoms with Crippen molar-refractivity contribution in [2.24, 2.45) is 5.84 Å². The molecule has 1 aromatic rings. The highest BCUT2D eigenvalue weighted by molar-refractivity contribution is 9.10. The van der Waals surface area contributed by atoms with Gasteiger partial charge in [-0.05, 0) is 35.8 Å². The lowest BCUT2D eigenvalue weighted by atomic mass is 10.5. The zero-order chi connectivity index (χ0) is 12.3. The minimum absolute atomic E-state index is 0.511. The van der Waals surface area contributed by atoms with E-state index in [0.717, 1.165) is 12.6 Å². The van der Waals surface area contributed by atoms with Crippen molar-refractivity contribution < 1.29 is 4.74 Å². The summed E-state index contributed by atoms with van der Waals surface area (Å²) in [4.78, 5) is 10.3. The van der Waals surface area contributed by atoms with Crippen molar-refractivity contribution in [2.45, 2.75) is 18.9 Å². The molecule has 0 radical (unpaired) electrons. The van der Waals surface area contributed by atoms with Gasteiger partial charge in [-0.3, -0.25) is 0 Å². The first-order valence-electron chi connectivity index (χ1n) is 5.52. The number of anilines is 1. The van der Waals surface area contributed by atoms with Gasteiger partial charge in [0, 0.05) is 12.6 Å². The number of nitrogens with two attached hydrogens (primary N) is 1. The molecule has 17 heavy (non-hydrogen) atoms. The fourth-order valence-electron chi connectivity index (χ4n) is 1.54. The number of halogens is 1. The summed E-state index contributed by atoms with van der Waals surface area (Å²) in [5.74, 6) is 6.34. The lowest BCUT2D eigenvalue weighted by Crippen LogP contribution is -2.26. The molecule has 0 unspecified atom stereocenters. The number of rotatable bonds is 6. The number of ether oxygens (including phenoxy) is 1. The zero-order valence-corrected chi connectivity index (χ0v) is 11.3. The Kier molecular flexibility index (Phi) is 4.14. The maximum absolute atomic E-state index is 5.59. The van der Waals surface area contributed by atoms with Crippen LogP contribution in [0.15, 0.2) is 10.8 Å². The van der Waals surface area contributed by atoms with Crippen LogP contribution in [0.4, 0.5) is 5.82 Å². The second-order valence-corrected chi connectivity index (χ2v) is 4.84. The van der Waals surface area contributed by atoms with Gasteiger partial charge >= 0.3 is 0 Å². The third-order valence-corrected chi connectivity index (χ3v) is 3.46. The molecule has 94 valence electrons. The number of nitrogens with zero attached hydrogens (tertiary/aromatic N) is 3. The van der Waals surface area contributed by atoms with Gasteiger partial charge in [0.15, 0.2) is 5.82 Å². The lowest BCUT2D eigenvalue weighted by molar-refractivity contribution is 0.225. The predicted molar refractivity (Wildman–Crippen MR) is 68.7 cm³/mol. The van der Waals surface area contributed by atoms with E-state index in [1.165, 1.54) is 19.2 Å². The van der Waals surface area contributed by atoms with Crippen LogP contribution in [-0.2, 0) is 0 Å². The molecule has 7 heteroatoms. The van der Waals surface area contributed by atoms with E-state index >= 15 is 0 Å². The second-order valence-electron chi connectivity index (χ2n) is 4.05. The molecule has 1 heterocycles. The van der Waals surface area contributed by atoms with Crippen LogP contribution in [0.5, 0.6) is 5.88 Å². The molecule has 0 saturated heterocycles. The van der Waals surface area contributed by atoms with Crippen molar-refractivity contribution in [1.29, 1.82) is 0 Å². The van der Waals surface area contributed by atoms with E-state index in [1.54, 1.807) is 0 Å². The smallest absolute Gasteiger partial charge is 0.233 e. The third kappa shape index (κ3) is 3.27. The van der Waals surface area contributed by atoms with E-state index in [1.807, 2.05) is 0 Å². The summed E-state index contributed by atoms with van der Waals surface area (Å²) in [6.45, 7) is 1.50. The Bertz CT molecular complexity index is 385. The summed E-state index contributed by atoms with van der Waals surface area (Å²) in [6.07, 6.45) is 4.02. The summed E-state index contributed by atoms with van der Waals surface area (Å²) >= 11 is 3.34. The predicted octanol–water partition coefficient (Wildman–Crippen LogP) is 0.998. The van der Waals surface area contributed by atoms with Crippen LogP contribution in [0.1, 0.15) is 12.8 Å². The van der Waals surface area contributed by atoms with Gasteiger partial charge in [0.05, 0.1) is 0 Å². The number of aromatic nitrogens is 2. The van der Waals surface area contributed by atoms with Gasteiger partial charge in [-0.15, -0.1) is 0 Å². The number of likely N-dealkylation sites (N-methyl/N-ethyl adjacent to an activating group) is 1. The molecule has 1 saturated carbocycles. The fraction of sp³-hybridized carbons (Fsp3) is 0.600. The Hall–Kier alpha value is -0.920. The molecular formula is C10H16BrN5O. The largest absolute Gasteiger partial charge is 0.475 e. The molecule has 3 N–H and O–H groups in total. The van der Waals surface area contributed by atoms with Crippen LogP contribution < -0.4 is 16.0 Å². The quantitative estimate of drug-likeness (QED) is 0.603. The van der Waals surface area contributed by atoms with Crippen molar-refractivity contribution in [3.63, 3.8) is 0 Å². The van der Waals surface area contributed by atoms with Crippen LogP contribution >= 0.6 is 15.9 Å². The lowest BCUT2D eigenvalue weighted by Gasteiger charge is -2.16. The molecule has 1 fully saturated rings. The van der Waals surface area contributed by atoms with Gasteiger partial charge in [-0.25, -0.2) is 15.8 Å². The van der Waals surface area contributed by atoms with Crippen molar-refractivity contribution in [1.82, 2.24) is 14.9 Å². The van der Waals surface area contributed by atoms with Crippen LogP contribution in [0.3, 0.4) is 0 Å². The molecule has 0 aliphatic heterocycles. The number of hydrogen-bond acceptors (Lipinski definition) is 6. The van der Waals surface area contributed by atoms with Crippen molar-refractivity contribution >= 4 is 21.7 Å². The summed E-state index contributed by atoms with van der Waals surface area (Å²) in [7, 11) is 2.11. The summed E-state index contributed by atoms with van der Waals surface area (Å²) in [5, 5.41) is 0. The first-order valence-corrected chi connectivity index (χ1v) is 6.32. The van der Waals surface area contributed by atoms with E-state index < -0.39 is 0 Å². The Balaban J connectivity index is 1.85. The van der Waals surface area contributed by atoms with Crippen molar-refractivity contribution in [3.05, 3.63) is 10.8 Å². The Labute approximate surface area is 109 Å². The maximum atomic E-state index is 5.59. The molecule has 6 nitrogen and oxygen atoms in total. The van der Waals surface area contributed by atoms with Gasteiger partial charge in [-0.2, -0.15) is 0 Å². The first kappa shape index (κ1) is 12.5. The molecule has 0 bridgehead atoms. The van der Waals surface area contributed by atoms with Gasteiger partial charge in [0.1, 0.15) is 17.4 Å². The van der Waals surface area contributed by atoms with E-state index in [2.05, 4.69) is 43.3 Å². The van der Waals surface area contributed by atoms with Crippen LogP contribution in [0, 0.1) is 0 Å². The monoisotopic (exact) mass is 301 g/mol. The Morgan fingerprint density at radius 2 is 2.35 bits per heavy atom. The Morgan fingerprint density at radius 3 is 3.00 bits per heavy atom. The molecule has 0 amide bonds. The molecule has 0 atom stereocenters. The topological polar surface area (TPSA) is 76.3 Å². The van der Waals surface area contributed by atoms with E-state index in [-0.39, 0.29) is 0 Å². The van der Waals surface area contributed by atoms with Gasteiger partial charge < -0.3 is 15.1 Å². The average molecular weight is 302 g/mol. The number of hydrazine groups is 1. The molecule has 0 aromatic carbocycles. The van der Waals surface area contributed by atoms with Crippen LogP contribution in [0.2, 0.25) is 0 Å². The summed E-state index contributed by atoms with van der Waals surface area (Å²) in [5.41, 5.74) is 2.47. The van der Waals surface area contributed by atoms with Gasteiger partial charge in [-0.1, -0.05) is 0 Å². The molecule has 0 spiro atoms. The second kappa shape index (κ2) is 5.61. The number of nitrogens with one attached hydrogen (secondary N) is 1. The Morgan fingerprint density at radius 1 is 1.59 bits per heavy atom. The number of hydrogen-bond donors (Lipinski definition) is 2. The highest BCUT2D eigenvalue weighted by Gasteiger charge is 2.25. The molecule has 1 aromatic heterocycles. The SMILES string of the molecule is CN(CCOc1ncnc(NN)c1Br)C1CC1. The van der Waals surface area contributed by atoms with Gasteiger partial charge in [0.2, 0.25) is 5.88 Å². The van der Waals surface area contributed by atoms with Gasteiger partial charge in [0.25, 0.3) is 0 Å². The molecule has 1 aliphatic carbocycles. The van der Waals surface area contributed by atoms with Crippen molar-refractivity contribution in [2.75, 3.05) is 25.6 Å². The highest BCUT2D eigenvalue weighted by atomic mass is 79.9. The van der Waals surface area contributed by atoms with Crippen LogP contribution in [-0.4, -0.2) is 41.1 Å².